The molecule has 0 saturated carbocycles. The number of amides is 1. The zero-order valence-electron chi connectivity index (χ0n) is 16.5. The number of rotatable bonds is 6. The number of sulfonamides is 1. The molecule has 1 fully saturated rings. The van der Waals surface area contributed by atoms with E-state index in [0.29, 0.717) is 18.7 Å². The third-order valence-corrected chi connectivity index (χ3v) is 6.88. The van der Waals surface area contributed by atoms with Crippen LogP contribution in [0.3, 0.4) is 0 Å². The van der Waals surface area contributed by atoms with Gasteiger partial charge in [0.05, 0.1) is 4.90 Å². The average molecular weight is 435 g/mol. The molecule has 0 bridgehead atoms. The van der Waals surface area contributed by atoms with E-state index in [1.54, 1.807) is 12.1 Å². The summed E-state index contributed by atoms with van der Waals surface area (Å²) in [7, 11) is -3.52. The number of nitrogens with zero attached hydrogens (tertiary/aromatic N) is 1. The first-order valence-corrected chi connectivity index (χ1v) is 11.3. The number of carbonyl (C=O) groups excluding carboxylic acids is 1. The van der Waals surface area contributed by atoms with E-state index < -0.39 is 27.6 Å². The molecule has 0 spiro atoms. The molecule has 1 aliphatic heterocycles. The lowest BCUT2D eigenvalue weighted by Crippen LogP contribution is -2.31. The van der Waals surface area contributed by atoms with Crippen molar-refractivity contribution in [1.29, 1.82) is 0 Å². The van der Waals surface area contributed by atoms with Gasteiger partial charge in [0.15, 0.2) is 0 Å². The molecule has 30 heavy (non-hydrogen) atoms. The topological polar surface area (TPSA) is 66.5 Å². The van der Waals surface area contributed by atoms with Crippen LogP contribution in [-0.2, 0) is 21.4 Å². The number of benzene rings is 2. The number of nitrogens with one attached hydrogen (secondary N) is 1. The van der Waals surface area contributed by atoms with E-state index in [4.69, 9.17) is 0 Å². The van der Waals surface area contributed by atoms with Crippen LogP contribution in [0.15, 0.2) is 53.4 Å². The highest BCUT2D eigenvalue weighted by atomic mass is 32.2. The normalized spacial score (nSPS) is 15.8. The van der Waals surface area contributed by atoms with Crippen LogP contribution in [0, 0.1) is 11.6 Å². The van der Waals surface area contributed by atoms with Gasteiger partial charge in [0.2, 0.25) is 15.9 Å². The molecule has 0 atom stereocenters. The minimum atomic E-state index is -3.52. The Bertz CT molecular complexity index is 1010. The molecule has 0 aromatic heterocycles. The molecule has 1 amide bonds. The molecule has 1 saturated heterocycles. The second-order valence-corrected chi connectivity index (χ2v) is 9.11. The molecule has 3 rings (SSSR count). The Labute approximate surface area is 175 Å². The fourth-order valence-electron chi connectivity index (χ4n) is 3.27. The van der Waals surface area contributed by atoms with Crippen LogP contribution in [0.25, 0.3) is 6.08 Å². The van der Waals surface area contributed by atoms with Crippen molar-refractivity contribution in [2.45, 2.75) is 37.1 Å². The third-order valence-electron chi connectivity index (χ3n) is 4.97. The van der Waals surface area contributed by atoms with Crippen molar-refractivity contribution in [2.24, 2.45) is 0 Å². The largest absolute Gasteiger partial charge is 0.348 e. The number of hydrogen-bond donors (Lipinski definition) is 1. The van der Waals surface area contributed by atoms with Crippen molar-refractivity contribution in [3.63, 3.8) is 0 Å². The number of hydrogen-bond acceptors (Lipinski definition) is 3. The highest BCUT2D eigenvalue weighted by Crippen LogP contribution is 2.21. The van der Waals surface area contributed by atoms with Gasteiger partial charge in [-0.1, -0.05) is 25.0 Å². The second-order valence-electron chi connectivity index (χ2n) is 7.17. The van der Waals surface area contributed by atoms with E-state index >= 15 is 0 Å². The Morgan fingerprint density at radius 3 is 2.33 bits per heavy atom. The minimum absolute atomic E-state index is 0.0554. The fraction of sp³-hybridized carbons (Fsp3) is 0.318. The van der Waals surface area contributed by atoms with Gasteiger partial charge >= 0.3 is 0 Å². The van der Waals surface area contributed by atoms with Crippen LogP contribution >= 0.6 is 0 Å². The summed E-state index contributed by atoms with van der Waals surface area (Å²) in [6, 6.07) is 9.36. The van der Waals surface area contributed by atoms with Crippen molar-refractivity contribution in [1.82, 2.24) is 9.62 Å². The maximum Gasteiger partial charge on any atom is 0.244 e. The molecule has 0 unspecified atom stereocenters. The summed E-state index contributed by atoms with van der Waals surface area (Å²) >= 11 is 0. The molecule has 2 aromatic rings. The molecular weight excluding hydrogens is 410 g/mol. The Hall–Kier alpha value is -2.58. The summed E-state index contributed by atoms with van der Waals surface area (Å²) < 4.78 is 53.8. The van der Waals surface area contributed by atoms with Crippen molar-refractivity contribution < 1.29 is 22.0 Å². The molecule has 160 valence electrons. The fourth-order valence-corrected chi connectivity index (χ4v) is 4.79. The molecule has 5 nitrogen and oxygen atoms in total. The summed E-state index contributed by atoms with van der Waals surface area (Å²) in [6.07, 6.45) is 6.62. The van der Waals surface area contributed by atoms with Crippen LogP contribution in [-0.4, -0.2) is 31.7 Å². The monoisotopic (exact) mass is 434 g/mol. The van der Waals surface area contributed by atoms with Gasteiger partial charge in [0.1, 0.15) is 11.6 Å². The molecule has 1 N–H and O–H groups in total. The lowest BCUT2D eigenvalue weighted by atomic mass is 10.2. The quantitative estimate of drug-likeness (QED) is 0.702. The van der Waals surface area contributed by atoms with Gasteiger partial charge in [-0.05, 0) is 54.8 Å². The highest BCUT2D eigenvalue weighted by Gasteiger charge is 2.24. The Balaban J connectivity index is 1.60. The molecule has 1 aliphatic rings. The third kappa shape index (κ3) is 5.73. The van der Waals surface area contributed by atoms with Gasteiger partial charge in [0.25, 0.3) is 0 Å². The lowest BCUT2D eigenvalue weighted by molar-refractivity contribution is -0.116. The van der Waals surface area contributed by atoms with Crippen LogP contribution in [0.2, 0.25) is 0 Å². The maximum absolute atomic E-state index is 13.6. The Morgan fingerprint density at radius 1 is 1.00 bits per heavy atom. The SMILES string of the molecule is O=C(C=Cc1ccc(S(=O)(=O)N2CCCCCC2)cc1)NCc1cc(F)ccc1F. The van der Waals surface area contributed by atoms with Crippen LogP contribution in [0.1, 0.15) is 36.8 Å². The molecular formula is C22H24F2N2O3S. The van der Waals surface area contributed by atoms with Crippen LogP contribution < -0.4 is 5.32 Å². The van der Waals surface area contributed by atoms with E-state index in [0.717, 1.165) is 43.9 Å². The number of carbonyl (C=O) groups is 1. The number of halogens is 2. The van der Waals surface area contributed by atoms with Crippen molar-refractivity contribution in [2.75, 3.05) is 13.1 Å². The van der Waals surface area contributed by atoms with Crippen molar-refractivity contribution in [3.05, 3.63) is 71.3 Å². The van der Waals surface area contributed by atoms with Gasteiger partial charge in [-0.15, -0.1) is 0 Å². The van der Waals surface area contributed by atoms with E-state index in [1.165, 1.54) is 28.6 Å². The zero-order chi connectivity index (χ0) is 21.6. The predicted molar refractivity (Wildman–Crippen MR) is 111 cm³/mol. The summed E-state index contributed by atoms with van der Waals surface area (Å²) in [5, 5.41) is 2.49. The van der Waals surface area contributed by atoms with Crippen molar-refractivity contribution >= 4 is 22.0 Å². The van der Waals surface area contributed by atoms with E-state index in [-0.39, 0.29) is 17.0 Å². The van der Waals surface area contributed by atoms with Crippen LogP contribution in [0.4, 0.5) is 8.78 Å². The van der Waals surface area contributed by atoms with E-state index in [2.05, 4.69) is 5.32 Å². The Morgan fingerprint density at radius 2 is 1.67 bits per heavy atom. The first-order chi connectivity index (χ1) is 14.4. The first-order valence-electron chi connectivity index (χ1n) is 9.86. The van der Waals surface area contributed by atoms with Gasteiger partial charge in [0, 0.05) is 31.3 Å². The summed E-state index contributed by atoms with van der Waals surface area (Å²) in [4.78, 5) is 12.2. The maximum atomic E-state index is 13.6. The van der Waals surface area contributed by atoms with Gasteiger partial charge in [-0.3, -0.25) is 4.79 Å². The first kappa shape index (κ1) is 22.1. The summed E-state index contributed by atoms with van der Waals surface area (Å²) in [5.41, 5.74) is 0.705. The van der Waals surface area contributed by atoms with E-state index in [1.807, 2.05) is 0 Å². The average Bonchev–Trinajstić information content (AvgIpc) is 3.03. The minimum Gasteiger partial charge on any atom is -0.348 e. The molecule has 0 aliphatic carbocycles. The van der Waals surface area contributed by atoms with E-state index in [9.17, 15) is 22.0 Å². The van der Waals surface area contributed by atoms with Crippen molar-refractivity contribution in [3.8, 4) is 0 Å². The highest BCUT2D eigenvalue weighted by molar-refractivity contribution is 7.89. The van der Waals surface area contributed by atoms with Crippen LogP contribution in [0.5, 0.6) is 0 Å². The molecule has 2 aromatic carbocycles. The van der Waals surface area contributed by atoms with Gasteiger partial charge in [-0.2, -0.15) is 4.31 Å². The second kappa shape index (κ2) is 9.95. The molecule has 0 radical (unpaired) electrons. The van der Waals surface area contributed by atoms with Gasteiger partial charge in [-0.25, -0.2) is 17.2 Å². The lowest BCUT2D eigenvalue weighted by Gasteiger charge is -2.19. The smallest absolute Gasteiger partial charge is 0.244 e. The summed E-state index contributed by atoms with van der Waals surface area (Å²) in [5.74, 6) is -1.65. The standard InChI is InChI=1S/C22H24F2N2O3S/c23-19-8-11-21(24)18(15-19)16-25-22(27)12-7-17-5-9-20(10-6-17)30(28,29)26-13-3-1-2-4-14-26/h5-12,15H,1-4,13-14,16H2,(H,25,27). The van der Waals surface area contributed by atoms with Gasteiger partial charge < -0.3 is 5.32 Å². The molecule has 1 heterocycles. The zero-order valence-corrected chi connectivity index (χ0v) is 17.3. The summed E-state index contributed by atoms with van der Waals surface area (Å²) in [6.45, 7) is 0.936. The predicted octanol–water partition coefficient (Wildman–Crippen LogP) is 3.86. The Kier molecular flexibility index (Phi) is 7.33. The molecule has 8 heteroatoms.